The molecule has 0 aromatic rings. The van der Waals surface area contributed by atoms with Crippen molar-refractivity contribution in [3.8, 4) is 0 Å². The van der Waals surface area contributed by atoms with Crippen LogP contribution in [0, 0.1) is 11.8 Å². The number of carbonyl (C=O) groups is 1. The van der Waals surface area contributed by atoms with E-state index in [9.17, 15) is 4.79 Å². The minimum absolute atomic E-state index is 0.180. The molecule has 0 aliphatic carbocycles. The largest absolute Gasteiger partial charge is 0.298 e. The number of likely N-dealkylation sites (tertiary alicyclic amines) is 1. The molecule has 2 atom stereocenters. The fraction of sp³-hybridized carbons (Fsp3) is 0.917. The van der Waals surface area contributed by atoms with Gasteiger partial charge >= 0.3 is 0 Å². The summed E-state index contributed by atoms with van der Waals surface area (Å²) in [7, 11) is 0. The van der Waals surface area contributed by atoms with Crippen LogP contribution >= 0.6 is 0 Å². The van der Waals surface area contributed by atoms with Gasteiger partial charge in [0.1, 0.15) is 5.78 Å². The van der Waals surface area contributed by atoms with E-state index in [1.165, 1.54) is 12.8 Å². The second-order valence-corrected chi connectivity index (χ2v) is 5.08. The van der Waals surface area contributed by atoms with Gasteiger partial charge in [0.05, 0.1) is 6.54 Å². The number of ketones is 1. The van der Waals surface area contributed by atoms with E-state index in [0.29, 0.717) is 18.4 Å². The molecule has 1 aliphatic heterocycles. The molecule has 0 spiro atoms. The van der Waals surface area contributed by atoms with E-state index in [1.807, 2.05) is 13.8 Å². The Kier molecular flexibility index (Phi) is 4.11. The summed E-state index contributed by atoms with van der Waals surface area (Å²) < 4.78 is 0. The molecule has 0 aromatic carbocycles. The van der Waals surface area contributed by atoms with Gasteiger partial charge in [0.25, 0.3) is 0 Å². The molecule has 14 heavy (non-hydrogen) atoms. The van der Waals surface area contributed by atoms with Crippen molar-refractivity contribution < 1.29 is 4.79 Å². The molecule has 82 valence electrons. The molecule has 0 aromatic heterocycles. The number of piperidine rings is 1. The van der Waals surface area contributed by atoms with E-state index in [-0.39, 0.29) is 5.92 Å². The van der Waals surface area contributed by atoms with Gasteiger partial charge in [-0.3, -0.25) is 9.69 Å². The van der Waals surface area contributed by atoms with Crippen molar-refractivity contribution in [2.24, 2.45) is 11.8 Å². The average molecular weight is 197 g/mol. The van der Waals surface area contributed by atoms with Crippen LogP contribution < -0.4 is 0 Å². The molecule has 2 heteroatoms. The first-order chi connectivity index (χ1) is 6.50. The Morgan fingerprint density at radius 2 is 2.00 bits per heavy atom. The Morgan fingerprint density at radius 3 is 2.57 bits per heavy atom. The predicted octanol–water partition coefficient (Wildman–Crippen LogP) is 2.33. The van der Waals surface area contributed by atoms with Crippen molar-refractivity contribution in [2.45, 2.75) is 46.6 Å². The highest BCUT2D eigenvalue weighted by Crippen LogP contribution is 2.21. The SMILES string of the molecule is CC1CCC(C)N(CC(=O)C(C)C)C1. The highest BCUT2D eigenvalue weighted by atomic mass is 16.1. The van der Waals surface area contributed by atoms with Gasteiger partial charge in [-0.15, -0.1) is 0 Å². The van der Waals surface area contributed by atoms with Crippen molar-refractivity contribution in [3.63, 3.8) is 0 Å². The zero-order valence-corrected chi connectivity index (χ0v) is 9.92. The molecule has 1 rings (SSSR count). The molecule has 0 N–H and O–H groups in total. The third-order valence-corrected chi connectivity index (χ3v) is 3.25. The summed E-state index contributed by atoms with van der Waals surface area (Å²) in [6.45, 7) is 10.2. The zero-order valence-electron chi connectivity index (χ0n) is 9.92. The number of nitrogens with zero attached hydrogens (tertiary/aromatic N) is 1. The van der Waals surface area contributed by atoms with Gasteiger partial charge in [0.15, 0.2) is 0 Å². The first-order valence-electron chi connectivity index (χ1n) is 5.77. The molecule has 1 saturated heterocycles. The molecule has 2 unspecified atom stereocenters. The van der Waals surface area contributed by atoms with E-state index in [2.05, 4.69) is 18.7 Å². The van der Waals surface area contributed by atoms with E-state index in [0.717, 1.165) is 12.5 Å². The minimum atomic E-state index is 0.180. The average Bonchev–Trinajstić information content (AvgIpc) is 2.11. The van der Waals surface area contributed by atoms with E-state index < -0.39 is 0 Å². The normalized spacial score (nSPS) is 29.5. The number of hydrogen-bond donors (Lipinski definition) is 0. The van der Waals surface area contributed by atoms with Crippen molar-refractivity contribution in [1.82, 2.24) is 4.90 Å². The Bertz CT molecular complexity index is 200. The Labute approximate surface area is 87.7 Å². The predicted molar refractivity (Wildman–Crippen MR) is 59.3 cm³/mol. The standard InChI is InChI=1S/C12H23NO/c1-9(2)12(14)8-13-7-10(3)5-6-11(13)4/h9-11H,5-8H2,1-4H3. The molecular formula is C12H23NO. The zero-order chi connectivity index (χ0) is 10.7. The lowest BCUT2D eigenvalue weighted by atomic mass is 9.94. The molecular weight excluding hydrogens is 174 g/mol. The number of rotatable bonds is 3. The molecule has 2 nitrogen and oxygen atoms in total. The van der Waals surface area contributed by atoms with Crippen LogP contribution in [0.15, 0.2) is 0 Å². The Morgan fingerprint density at radius 1 is 1.36 bits per heavy atom. The Balaban J connectivity index is 2.45. The van der Waals surface area contributed by atoms with Crippen molar-refractivity contribution in [1.29, 1.82) is 0 Å². The lowest BCUT2D eigenvalue weighted by Crippen LogP contribution is -2.44. The van der Waals surface area contributed by atoms with Gasteiger partial charge in [-0.2, -0.15) is 0 Å². The maximum atomic E-state index is 11.6. The van der Waals surface area contributed by atoms with Crippen LogP contribution in [0.4, 0.5) is 0 Å². The van der Waals surface area contributed by atoms with Crippen LogP contribution in [0.25, 0.3) is 0 Å². The van der Waals surface area contributed by atoms with Crippen LogP contribution in [-0.4, -0.2) is 29.8 Å². The second kappa shape index (κ2) is 4.92. The van der Waals surface area contributed by atoms with Crippen LogP contribution in [0.3, 0.4) is 0 Å². The fourth-order valence-corrected chi connectivity index (χ4v) is 1.98. The monoisotopic (exact) mass is 197 g/mol. The van der Waals surface area contributed by atoms with Crippen LogP contribution in [0.1, 0.15) is 40.5 Å². The molecule has 0 saturated carbocycles. The van der Waals surface area contributed by atoms with Crippen LogP contribution in [-0.2, 0) is 4.79 Å². The van der Waals surface area contributed by atoms with Gasteiger partial charge in [-0.1, -0.05) is 20.8 Å². The maximum Gasteiger partial charge on any atom is 0.149 e. The molecule has 1 fully saturated rings. The summed E-state index contributed by atoms with van der Waals surface area (Å²) in [6, 6.07) is 0.592. The number of hydrogen-bond acceptors (Lipinski definition) is 2. The molecule has 0 amide bonds. The summed E-state index contributed by atoms with van der Waals surface area (Å²) >= 11 is 0. The number of carbonyl (C=O) groups excluding carboxylic acids is 1. The van der Waals surface area contributed by atoms with Gasteiger partial charge < -0.3 is 0 Å². The smallest absolute Gasteiger partial charge is 0.149 e. The van der Waals surface area contributed by atoms with E-state index in [1.54, 1.807) is 0 Å². The van der Waals surface area contributed by atoms with E-state index >= 15 is 0 Å². The van der Waals surface area contributed by atoms with Crippen LogP contribution in [0.2, 0.25) is 0 Å². The topological polar surface area (TPSA) is 20.3 Å². The van der Waals surface area contributed by atoms with Gasteiger partial charge in [-0.25, -0.2) is 0 Å². The van der Waals surface area contributed by atoms with Crippen molar-refractivity contribution in [2.75, 3.05) is 13.1 Å². The van der Waals surface area contributed by atoms with Crippen molar-refractivity contribution in [3.05, 3.63) is 0 Å². The lowest BCUT2D eigenvalue weighted by Gasteiger charge is -2.36. The van der Waals surface area contributed by atoms with E-state index in [4.69, 9.17) is 0 Å². The third-order valence-electron chi connectivity index (χ3n) is 3.25. The third kappa shape index (κ3) is 3.09. The van der Waals surface area contributed by atoms with Gasteiger partial charge in [0.2, 0.25) is 0 Å². The van der Waals surface area contributed by atoms with Gasteiger partial charge in [-0.05, 0) is 25.7 Å². The fourth-order valence-electron chi connectivity index (χ4n) is 1.98. The molecule has 1 heterocycles. The quantitative estimate of drug-likeness (QED) is 0.692. The van der Waals surface area contributed by atoms with Crippen molar-refractivity contribution >= 4 is 5.78 Å². The molecule has 1 aliphatic rings. The molecule has 0 bridgehead atoms. The summed E-state index contributed by atoms with van der Waals surface area (Å²) in [5, 5.41) is 0. The highest BCUT2D eigenvalue weighted by molar-refractivity contribution is 5.82. The Hall–Kier alpha value is -0.370. The molecule has 0 radical (unpaired) electrons. The summed E-state index contributed by atoms with van der Waals surface area (Å²) in [4.78, 5) is 14.0. The minimum Gasteiger partial charge on any atom is -0.298 e. The second-order valence-electron chi connectivity index (χ2n) is 5.08. The first kappa shape index (κ1) is 11.7. The van der Waals surface area contributed by atoms with Crippen LogP contribution in [0.5, 0.6) is 0 Å². The first-order valence-corrected chi connectivity index (χ1v) is 5.77. The number of Topliss-reactive ketones (excluding diaryl/α,β-unsaturated/α-hetero) is 1. The van der Waals surface area contributed by atoms with Gasteiger partial charge in [0, 0.05) is 18.5 Å². The summed E-state index contributed by atoms with van der Waals surface area (Å²) in [6.07, 6.45) is 2.56. The lowest BCUT2D eigenvalue weighted by molar-refractivity contribution is -0.124. The highest BCUT2D eigenvalue weighted by Gasteiger charge is 2.24. The summed E-state index contributed by atoms with van der Waals surface area (Å²) in [5.41, 5.74) is 0. The maximum absolute atomic E-state index is 11.6. The summed E-state index contributed by atoms with van der Waals surface area (Å²) in [5.74, 6) is 1.32.